The predicted molar refractivity (Wildman–Crippen MR) is 57.7 cm³/mol. The summed E-state index contributed by atoms with van der Waals surface area (Å²) in [7, 11) is 0. The van der Waals surface area contributed by atoms with E-state index in [1.54, 1.807) is 13.8 Å². The van der Waals surface area contributed by atoms with Gasteiger partial charge in [-0.05, 0) is 17.7 Å². The molecule has 0 fully saturated rings. The molecule has 1 aromatic rings. The summed E-state index contributed by atoms with van der Waals surface area (Å²) in [5, 5.41) is 11.5. The van der Waals surface area contributed by atoms with Crippen LogP contribution in [0.15, 0.2) is 24.3 Å². The highest BCUT2D eigenvalue weighted by molar-refractivity contribution is 5.78. The van der Waals surface area contributed by atoms with Gasteiger partial charge in [-0.25, -0.2) is 4.39 Å². The monoisotopic (exact) mass is 220 g/mol. The Bertz CT molecular complexity index is 406. The van der Waals surface area contributed by atoms with Gasteiger partial charge in [0.1, 0.15) is 11.9 Å². The van der Waals surface area contributed by atoms with Crippen molar-refractivity contribution in [2.45, 2.75) is 19.9 Å². The average molecular weight is 220 g/mol. The fourth-order valence-electron chi connectivity index (χ4n) is 1.15. The molecule has 0 aliphatic carbocycles. The minimum Gasteiger partial charge on any atom is -0.336 e. The third-order valence-corrected chi connectivity index (χ3v) is 2.14. The zero-order valence-corrected chi connectivity index (χ0v) is 9.20. The van der Waals surface area contributed by atoms with Gasteiger partial charge in [0.05, 0.1) is 6.07 Å². The van der Waals surface area contributed by atoms with E-state index in [4.69, 9.17) is 5.26 Å². The van der Waals surface area contributed by atoms with E-state index in [0.29, 0.717) is 5.56 Å². The lowest BCUT2D eigenvalue weighted by Gasteiger charge is -2.13. The van der Waals surface area contributed by atoms with Crippen LogP contribution in [0.4, 0.5) is 4.39 Å². The summed E-state index contributed by atoms with van der Waals surface area (Å²) in [6.45, 7) is 3.49. The number of carbonyl (C=O) groups is 1. The Hall–Kier alpha value is -1.89. The van der Waals surface area contributed by atoms with E-state index in [-0.39, 0.29) is 17.6 Å². The van der Waals surface area contributed by atoms with Crippen LogP contribution >= 0.6 is 0 Å². The lowest BCUT2D eigenvalue weighted by molar-refractivity contribution is -0.124. The second kappa shape index (κ2) is 5.26. The van der Waals surface area contributed by atoms with Crippen molar-refractivity contribution >= 4 is 5.91 Å². The minimum atomic E-state index is -0.726. The van der Waals surface area contributed by atoms with E-state index < -0.39 is 6.04 Å². The molecular weight excluding hydrogens is 207 g/mol. The van der Waals surface area contributed by atoms with Crippen LogP contribution in [0.2, 0.25) is 0 Å². The Labute approximate surface area is 93.9 Å². The Kier molecular flexibility index (Phi) is 4.01. The zero-order chi connectivity index (χ0) is 12.1. The van der Waals surface area contributed by atoms with Crippen LogP contribution in [0.5, 0.6) is 0 Å². The summed E-state index contributed by atoms with van der Waals surface area (Å²) in [4.78, 5) is 11.4. The van der Waals surface area contributed by atoms with Gasteiger partial charge >= 0.3 is 0 Å². The van der Waals surface area contributed by atoms with E-state index in [2.05, 4.69) is 5.32 Å². The smallest absolute Gasteiger partial charge is 0.223 e. The van der Waals surface area contributed by atoms with Crippen LogP contribution in [0.25, 0.3) is 0 Å². The molecule has 0 radical (unpaired) electrons. The number of nitrogens with zero attached hydrogens (tertiary/aromatic N) is 1. The number of hydrogen-bond donors (Lipinski definition) is 1. The zero-order valence-electron chi connectivity index (χ0n) is 9.20. The summed E-state index contributed by atoms with van der Waals surface area (Å²) in [5.74, 6) is -0.747. The third kappa shape index (κ3) is 3.06. The van der Waals surface area contributed by atoms with Crippen molar-refractivity contribution in [3.63, 3.8) is 0 Å². The van der Waals surface area contributed by atoms with Gasteiger partial charge < -0.3 is 5.32 Å². The van der Waals surface area contributed by atoms with Crippen LogP contribution in [0.3, 0.4) is 0 Å². The summed E-state index contributed by atoms with van der Waals surface area (Å²) in [5.41, 5.74) is 0.581. The fraction of sp³-hybridized carbons (Fsp3) is 0.333. The van der Waals surface area contributed by atoms with Crippen LogP contribution in [-0.4, -0.2) is 5.91 Å². The van der Waals surface area contributed by atoms with E-state index in [9.17, 15) is 9.18 Å². The van der Waals surface area contributed by atoms with E-state index in [1.165, 1.54) is 24.3 Å². The molecule has 84 valence electrons. The highest BCUT2D eigenvalue weighted by atomic mass is 19.1. The maximum absolute atomic E-state index is 12.7. The van der Waals surface area contributed by atoms with Gasteiger partial charge in [-0.3, -0.25) is 4.79 Å². The maximum Gasteiger partial charge on any atom is 0.223 e. The number of nitrogens with one attached hydrogen (secondary N) is 1. The van der Waals surface area contributed by atoms with Crippen LogP contribution in [0.1, 0.15) is 25.5 Å². The van der Waals surface area contributed by atoms with Gasteiger partial charge in [-0.2, -0.15) is 5.26 Å². The van der Waals surface area contributed by atoms with Gasteiger partial charge in [0, 0.05) is 5.92 Å². The van der Waals surface area contributed by atoms with Gasteiger partial charge in [0.25, 0.3) is 0 Å². The second-order valence-corrected chi connectivity index (χ2v) is 3.78. The molecule has 1 atom stereocenters. The van der Waals surface area contributed by atoms with Crippen LogP contribution in [-0.2, 0) is 4.79 Å². The molecule has 1 aromatic carbocycles. The van der Waals surface area contributed by atoms with Crippen LogP contribution < -0.4 is 5.32 Å². The van der Waals surface area contributed by atoms with Gasteiger partial charge in [0.2, 0.25) is 5.91 Å². The Morgan fingerprint density at radius 3 is 2.38 bits per heavy atom. The number of hydrogen-bond acceptors (Lipinski definition) is 2. The maximum atomic E-state index is 12.7. The summed E-state index contributed by atoms with van der Waals surface area (Å²) in [6.07, 6.45) is 0. The standard InChI is InChI=1S/C12H13FN2O/c1-8(2)12(16)15-11(7-14)9-3-5-10(13)6-4-9/h3-6,8,11H,1-2H3,(H,15,16). The molecule has 0 aromatic heterocycles. The van der Waals surface area contributed by atoms with Crippen molar-refractivity contribution < 1.29 is 9.18 Å². The van der Waals surface area contributed by atoms with Gasteiger partial charge in [-0.15, -0.1) is 0 Å². The Morgan fingerprint density at radius 2 is 1.94 bits per heavy atom. The highest BCUT2D eigenvalue weighted by Crippen LogP contribution is 2.13. The molecule has 1 rings (SSSR count). The predicted octanol–water partition coefficient (Wildman–Crippen LogP) is 2.16. The molecule has 1 N–H and O–H groups in total. The van der Waals surface area contributed by atoms with Crippen molar-refractivity contribution in [2.75, 3.05) is 0 Å². The number of nitriles is 1. The second-order valence-electron chi connectivity index (χ2n) is 3.78. The number of halogens is 1. The molecule has 0 heterocycles. The van der Waals surface area contributed by atoms with Crippen molar-refractivity contribution in [1.82, 2.24) is 5.32 Å². The minimum absolute atomic E-state index is 0.184. The Balaban J connectivity index is 2.80. The lowest BCUT2D eigenvalue weighted by Crippen LogP contribution is -2.31. The third-order valence-electron chi connectivity index (χ3n) is 2.14. The molecular formula is C12H13FN2O. The Morgan fingerprint density at radius 1 is 1.38 bits per heavy atom. The fourth-order valence-corrected chi connectivity index (χ4v) is 1.15. The first kappa shape index (κ1) is 12.2. The van der Waals surface area contributed by atoms with Crippen molar-refractivity contribution in [2.24, 2.45) is 5.92 Å². The van der Waals surface area contributed by atoms with E-state index in [0.717, 1.165) is 0 Å². The normalized spacial score (nSPS) is 11.9. The first-order chi connectivity index (χ1) is 7.54. The van der Waals surface area contributed by atoms with Crippen molar-refractivity contribution in [3.8, 4) is 6.07 Å². The molecule has 1 amide bonds. The largest absolute Gasteiger partial charge is 0.336 e. The molecule has 0 spiro atoms. The van der Waals surface area contributed by atoms with E-state index >= 15 is 0 Å². The number of rotatable bonds is 3. The highest BCUT2D eigenvalue weighted by Gasteiger charge is 2.15. The molecule has 0 saturated heterocycles. The summed E-state index contributed by atoms with van der Waals surface area (Å²) in [6, 6.07) is 6.75. The number of benzene rings is 1. The molecule has 0 aliphatic heterocycles. The van der Waals surface area contributed by atoms with Crippen LogP contribution in [0, 0.1) is 23.1 Å². The first-order valence-corrected chi connectivity index (χ1v) is 5.00. The molecule has 3 nitrogen and oxygen atoms in total. The topological polar surface area (TPSA) is 52.9 Å². The molecule has 0 aliphatic rings. The molecule has 1 unspecified atom stereocenters. The van der Waals surface area contributed by atoms with Gasteiger partial charge in [-0.1, -0.05) is 26.0 Å². The molecule has 0 bridgehead atoms. The van der Waals surface area contributed by atoms with Gasteiger partial charge in [0.15, 0.2) is 0 Å². The lowest BCUT2D eigenvalue weighted by atomic mass is 10.1. The quantitative estimate of drug-likeness (QED) is 0.848. The number of amides is 1. The molecule has 0 saturated carbocycles. The van der Waals surface area contributed by atoms with Crippen molar-refractivity contribution in [1.29, 1.82) is 5.26 Å². The molecule has 4 heteroatoms. The first-order valence-electron chi connectivity index (χ1n) is 5.00. The average Bonchev–Trinajstić information content (AvgIpc) is 2.26. The SMILES string of the molecule is CC(C)C(=O)NC(C#N)c1ccc(F)cc1. The summed E-state index contributed by atoms with van der Waals surface area (Å²) >= 11 is 0. The van der Waals surface area contributed by atoms with Crippen molar-refractivity contribution in [3.05, 3.63) is 35.6 Å². The van der Waals surface area contributed by atoms with E-state index in [1.807, 2.05) is 6.07 Å². The number of carbonyl (C=O) groups excluding carboxylic acids is 1. The molecule has 16 heavy (non-hydrogen) atoms. The summed E-state index contributed by atoms with van der Waals surface area (Å²) < 4.78 is 12.7.